The Morgan fingerprint density at radius 3 is 2.96 bits per heavy atom. The first kappa shape index (κ1) is 14.1. The van der Waals surface area contributed by atoms with Crippen LogP contribution < -0.4 is 10.6 Å². The van der Waals surface area contributed by atoms with Crippen LogP contribution in [0.3, 0.4) is 0 Å². The summed E-state index contributed by atoms with van der Waals surface area (Å²) < 4.78 is 1.12. The lowest BCUT2D eigenvalue weighted by molar-refractivity contribution is 0.0189. The minimum Gasteiger partial charge on any atom is -0.365 e. The molecular weight excluding hydrogens is 328 g/mol. The molecule has 4 aliphatic rings. The number of hydrogen-bond donors (Lipinski definition) is 2. The Balaban J connectivity index is 1.36. The molecule has 2 aromatic rings. The van der Waals surface area contributed by atoms with Crippen molar-refractivity contribution in [1.29, 1.82) is 0 Å². The summed E-state index contributed by atoms with van der Waals surface area (Å²) in [5.74, 6) is 1.90. The second-order valence-electron chi connectivity index (χ2n) is 6.88. The van der Waals surface area contributed by atoms with E-state index in [1.807, 2.05) is 12.1 Å². The highest BCUT2D eigenvalue weighted by molar-refractivity contribution is 7.22. The summed E-state index contributed by atoms with van der Waals surface area (Å²) >= 11 is 7.88. The lowest BCUT2D eigenvalue weighted by Gasteiger charge is -2.52. The number of para-hydroxylation sites is 1. The average molecular weight is 347 g/mol. The van der Waals surface area contributed by atoms with E-state index in [0.717, 1.165) is 33.5 Å². The van der Waals surface area contributed by atoms with Gasteiger partial charge < -0.3 is 15.5 Å². The molecule has 2 bridgehead atoms. The second-order valence-corrected chi connectivity index (χ2v) is 8.32. The zero-order valence-electron chi connectivity index (χ0n) is 12.8. The van der Waals surface area contributed by atoms with Crippen LogP contribution in [0.4, 0.5) is 5.13 Å². The minimum absolute atomic E-state index is 0.243. The molecule has 5 heterocycles. The quantitative estimate of drug-likeness (QED) is 0.870. The predicted octanol–water partition coefficient (Wildman–Crippen LogP) is 3.66. The number of nitrogens with one attached hydrogen (secondary N) is 2. The topological polar surface area (TPSA) is 40.2 Å². The first-order chi connectivity index (χ1) is 11.2. The van der Waals surface area contributed by atoms with Crippen LogP contribution in [-0.2, 0) is 0 Å². The smallest absolute Gasteiger partial charge is 0.189 e. The van der Waals surface area contributed by atoms with E-state index in [2.05, 4.69) is 32.7 Å². The van der Waals surface area contributed by atoms with Gasteiger partial charge in [0.05, 0.1) is 15.3 Å². The Bertz CT molecular complexity index is 793. The van der Waals surface area contributed by atoms with Crippen LogP contribution in [0.25, 0.3) is 10.2 Å². The van der Waals surface area contributed by atoms with E-state index in [1.54, 1.807) is 11.3 Å². The monoisotopic (exact) mass is 346 g/mol. The van der Waals surface area contributed by atoms with Crippen molar-refractivity contribution in [2.45, 2.75) is 24.8 Å². The number of thiazole rings is 1. The fourth-order valence-electron chi connectivity index (χ4n) is 4.36. The Labute approximate surface area is 144 Å². The van der Waals surface area contributed by atoms with E-state index in [4.69, 9.17) is 11.6 Å². The standard InChI is InChI=1S/C17H19ClN4S/c18-12-2-1-3-13-15(12)20-16(23-13)19-14-4-7-17(21-14)10-22-8-5-11(17)6-9-22/h1-4,11,21H,5-10H2,(H,19,20)/t17-/m0/s1. The highest BCUT2D eigenvalue weighted by Gasteiger charge is 2.48. The van der Waals surface area contributed by atoms with Gasteiger partial charge in [-0.15, -0.1) is 0 Å². The lowest BCUT2D eigenvalue weighted by atomic mass is 9.72. The van der Waals surface area contributed by atoms with Crippen LogP contribution in [0, 0.1) is 5.92 Å². The number of rotatable bonds is 2. The molecular formula is C17H19ClN4S. The van der Waals surface area contributed by atoms with E-state index in [1.165, 1.54) is 32.5 Å². The molecule has 6 rings (SSSR count). The number of halogens is 1. The van der Waals surface area contributed by atoms with Gasteiger partial charge in [-0.25, -0.2) is 4.98 Å². The fraction of sp³-hybridized carbons (Fsp3) is 0.471. The second kappa shape index (κ2) is 5.10. The van der Waals surface area contributed by atoms with Crippen molar-refractivity contribution in [2.24, 2.45) is 5.92 Å². The molecule has 1 aromatic heterocycles. The average Bonchev–Trinajstić information content (AvgIpc) is 3.14. The molecule has 0 amide bonds. The number of piperidine rings is 3. The molecule has 0 aliphatic carbocycles. The van der Waals surface area contributed by atoms with Crippen molar-refractivity contribution in [3.05, 3.63) is 35.1 Å². The fourth-order valence-corrected chi connectivity index (χ4v) is 5.54. The molecule has 3 fully saturated rings. The molecule has 23 heavy (non-hydrogen) atoms. The van der Waals surface area contributed by atoms with Crippen molar-refractivity contribution < 1.29 is 0 Å². The summed E-state index contributed by atoms with van der Waals surface area (Å²) in [6.07, 6.45) is 6.06. The van der Waals surface area contributed by atoms with E-state index < -0.39 is 0 Å². The van der Waals surface area contributed by atoms with Gasteiger partial charge in [0.25, 0.3) is 0 Å². The van der Waals surface area contributed by atoms with Crippen LogP contribution in [0.2, 0.25) is 5.02 Å². The van der Waals surface area contributed by atoms with Crippen LogP contribution >= 0.6 is 22.9 Å². The maximum atomic E-state index is 6.23. The molecule has 1 spiro atoms. The molecule has 0 unspecified atom stereocenters. The Hall–Kier alpha value is -1.30. The van der Waals surface area contributed by atoms with Gasteiger partial charge >= 0.3 is 0 Å². The maximum Gasteiger partial charge on any atom is 0.189 e. The molecule has 2 N–H and O–H groups in total. The highest BCUT2D eigenvalue weighted by atomic mass is 35.5. The van der Waals surface area contributed by atoms with E-state index >= 15 is 0 Å². The summed E-state index contributed by atoms with van der Waals surface area (Å²) in [7, 11) is 0. The van der Waals surface area contributed by atoms with Crippen molar-refractivity contribution in [1.82, 2.24) is 15.2 Å². The normalized spacial score (nSPS) is 32.3. The molecule has 4 aliphatic heterocycles. The van der Waals surface area contributed by atoms with E-state index in [-0.39, 0.29) is 5.54 Å². The number of anilines is 1. The van der Waals surface area contributed by atoms with Gasteiger partial charge in [-0.05, 0) is 56.5 Å². The van der Waals surface area contributed by atoms with Gasteiger partial charge in [0, 0.05) is 6.54 Å². The van der Waals surface area contributed by atoms with Gasteiger partial charge in [0.15, 0.2) is 5.13 Å². The molecule has 120 valence electrons. The van der Waals surface area contributed by atoms with Crippen molar-refractivity contribution in [3.8, 4) is 0 Å². The first-order valence-corrected chi connectivity index (χ1v) is 9.44. The third-order valence-corrected chi connectivity index (χ3v) is 6.78. The lowest BCUT2D eigenvalue weighted by Crippen LogP contribution is -2.64. The molecule has 1 atom stereocenters. The number of fused-ring (bicyclic) bond motifs is 3. The van der Waals surface area contributed by atoms with Gasteiger partial charge in [0.2, 0.25) is 0 Å². The summed E-state index contributed by atoms with van der Waals surface area (Å²) in [6, 6.07) is 5.93. The third kappa shape index (κ3) is 2.25. The van der Waals surface area contributed by atoms with Gasteiger partial charge in [-0.3, -0.25) is 0 Å². The Morgan fingerprint density at radius 2 is 2.22 bits per heavy atom. The summed E-state index contributed by atoms with van der Waals surface area (Å²) in [5, 5.41) is 8.88. The molecule has 0 saturated carbocycles. The van der Waals surface area contributed by atoms with Crippen LogP contribution in [0.1, 0.15) is 19.3 Å². The largest absolute Gasteiger partial charge is 0.365 e. The van der Waals surface area contributed by atoms with E-state index in [0.29, 0.717) is 5.02 Å². The number of benzene rings is 1. The predicted molar refractivity (Wildman–Crippen MR) is 96.0 cm³/mol. The van der Waals surface area contributed by atoms with Gasteiger partial charge in [-0.2, -0.15) is 0 Å². The molecule has 4 nitrogen and oxygen atoms in total. The summed E-state index contributed by atoms with van der Waals surface area (Å²) in [6.45, 7) is 3.71. The third-order valence-electron chi connectivity index (χ3n) is 5.54. The number of nitrogens with zero attached hydrogens (tertiary/aromatic N) is 2. The van der Waals surface area contributed by atoms with Gasteiger partial charge in [0.1, 0.15) is 11.3 Å². The Morgan fingerprint density at radius 1 is 1.35 bits per heavy atom. The van der Waals surface area contributed by atoms with Crippen LogP contribution in [0.15, 0.2) is 30.1 Å². The maximum absolute atomic E-state index is 6.23. The molecule has 1 aromatic carbocycles. The summed E-state index contributed by atoms with van der Waals surface area (Å²) in [4.78, 5) is 7.24. The molecule has 6 heteroatoms. The number of aromatic nitrogens is 1. The summed E-state index contributed by atoms with van der Waals surface area (Å²) in [5.41, 5.74) is 1.13. The van der Waals surface area contributed by atoms with Crippen LogP contribution in [-0.4, -0.2) is 35.1 Å². The van der Waals surface area contributed by atoms with Crippen LogP contribution in [0.5, 0.6) is 0 Å². The van der Waals surface area contributed by atoms with Gasteiger partial charge in [-0.1, -0.05) is 29.0 Å². The zero-order chi connectivity index (χ0) is 15.4. The number of hydrogen-bond acceptors (Lipinski definition) is 5. The molecule has 0 radical (unpaired) electrons. The zero-order valence-corrected chi connectivity index (χ0v) is 14.4. The Kier molecular flexibility index (Phi) is 3.12. The van der Waals surface area contributed by atoms with E-state index in [9.17, 15) is 0 Å². The SMILES string of the molecule is Clc1cccc2sc(NC3=CC[C@@]4(CN5CCC4CC5)N3)nc12. The van der Waals surface area contributed by atoms with Crippen molar-refractivity contribution in [3.63, 3.8) is 0 Å². The first-order valence-electron chi connectivity index (χ1n) is 8.25. The molecule has 3 saturated heterocycles. The minimum atomic E-state index is 0.243. The van der Waals surface area contributed by atoms with Crippen molar-refractivity contribution >= 4 is 38.3 Å². The van der Waals surface area contributed by atoms with Crippen molar-refractivity contribution in [2.75, 3.05) is 25.0 Å². The highest BCUT2D eigenvalue weighted by Crippen LogP contribution is 2.41.